The van der Waals surface area contributed by atoms with Crippen LogP contribution < -0.4 is 19.8 Å². The summed E-state index contributed by atoms with van der Waals surface area (Å²) in [5, 5.41) is 0.833. The molecule has 0 fully saturated rings. The fraction of sp³-hybridized carbons (Fsp3) is 0.304. The Kier molecular flexibility index (Phi) is 5.11. The maximum Gasteiger partial charge on any atom is 0.254 e. The summed E-state index contributed by atoms with van der Waals surface area (Å²) in [6.45, 7) is 2.04. The molecular formula is C23H24N2O5. The number of rotatable bonds is 4. The Bertz CT molecular complexity index is 1180. The van der Waals surface area contributed by atoms with Crippen LogP contribution in [0.1, 0.15) is 29.7 Å². The third kappa shape index (κ3) is 3.26. The van der Waals surface area contributed by atoms with E-state index in [4.69, 9.17) is 14.2 Å². The highest BCUT2D eigenvalue weighted by Crippen LogP contribution is 2.40. The summed E-state index contributed by atoms with van der Waals surface area (Å²) in [5.41, 5.74) is 2.87. The Morgan fingerprint density at radius 3 is 2.40 bits per heavy atom. The number of pyridine rings is 1. The maximum atomic E-state index is 13.1. The number of fused-ring (bicyclic) bond motifs is 2. The van der Waals surface area contributed by atoms with Crippen molar-refractivity contribution in [3.8, 4) is 17.2 Å². The molecule has 30 heavy (non-hydrogen) atoms. The van der Waals surface area contributed by atoms with Crippen LogP contribution in [0.2, 0.25) is 0 Å². The van der Waals surface area contributed by atoms with Crippen molar-refractivity contribution in [3.05, 3.63) is 63.4 Å². The number of hydrogen-bond donors (Lipinski definition) is 1. The number of aromatic nitrogens is 1. The van der Waals surface area contributed by atoms with Crippen LogP contribution in [0, 0.1) is 0 Å². The molecule has 4 rings (SSSR count). The van der Waals surface area contributed by atoms with Gasteiger partial charge in [0.25, 0.3) is 5.56 Å². The fourth-order valence-corrected chi connectivity index (χ4v) is 4.15. The van der Waals surface area contributed by atoms with Gasteiger partial charge in [-0.15, -0.1) is 0 Å². The van der Waals surface area contributed by atoms with Crippen molar-refractivity contribution in [2.45, 2.75) is 19.4 Å². The van der Waals surface area contributed by atoms with E-state index in [1.165, 1.54) is 6.92 Å². The predicted octanol–water partition coefficient (Wildman–Crippen LogP) is 3.05. The van der Waals surface area contributed by atoms with Gasteiger partial charge < -0.3 is 24.1 Å². The number of carbonyl (C=O) groups is 1. The van der Waals surface area contributed by atoms with Crippen LogP contribution in [0.25, 0.3) is 10.9 Å². The van der Waals surface area contributed by atoms with E-state index in [0.29, 0.717) is 41.3 Å². The summed E-state index contributed by atoms with van der Waals surface area (Å²) in [4.78, 5) is 30.2. The van der Waals surface area contributed by atoms with Gasteiger partial charge in [0.15, 0.2) is 11.5 Å². The number of hydrogen-bond acceptors (Lipinski definition) is 5. The zero-order valence-corrected chi connectivity index (χ0v) is 17.4. The lowest BCUT2D eigenvalue weighted by atomic mass is 9.87. The second-order valence-electron chi connectivity index (χ2n) is 7.28. The monoisotopic (exact) mass is 408 g/mol. The van der Waals surface area contributed by atoms with Crippen molar-refractivity contribution in [1.29, 1.82) is 0 Å². The third-order valence-corrected chi connectivity index (χ3v) is 5.65. The lowest BCUT2D eigenvalue weighted by Gasteiger charge is -2.37. The predicted molar refractivity (Wildman–Crippen MR) is 114 cm³/mol. The smallest absolute Gasteiger partial charge is 0.254 e. The number of carbonyl (C=O) groups excluding carboxylic acids is 1. The Morgan fingerprint density at radius 2 is 1.73 bits per heavy atom. The van der Waals surface area contributed by atoms with Crippen LogP contribution in [-0.2, 0) is 11.2 Å². The van der Waals surface area contributed by atoms with Crippen LogP contribution in [0.4, 0.5) is 0 Å². The van der Waals surface area contributed by atoms with Crippen molar-refractivity contribution in [2.24, 2.45) is 0 Å². The van der Waals surface area contributed by atoms with E-state index in [2.05, 4.69) is 4.98 Å². The molecule has 7 heteroatoms. The lowest BCUT2D eigenvalue weighted by molar-refractivity contribution is -0.130. The number of ether oxygens (including phenoxy) is 3. The van der Waals surface area contributed by atoms with Crippen LogP contribution in [0.3, 0.4) is 0 Å². The summed E-state index contributed by atoms with van der Waals surface area (Å²) >= 11 is 0. The number of aromatic amines is 1. The molecule has 2 aromatic carbocycles. The zero-order valence-electron chi connectivity index (χ0n) is 17.4. The molecular weight excluding hydrogens is 384 g/mol. The van der Waals surface area contributed by atoms with Gasteiger partial charge >= 0.3 is 0 Å². The van der Waals surface area contributed by atoms with Gasteiger partial charge in [0.05, 0.1) is 27.4 Å². The van der Waals surface area contributed by atoms with E-state index >= 15 is 0 Å². The highest BCUT2D eigenvalue weighted by Gasteiger charge is 2.33. The summed E-state index contributed by atoms with van der Waals surface area (Å²) < 4.78 is 16.2. The molecule has 1 unspecified atom stereocenters. The van der Waals surface area contributed by atoms with Gasteiger partial charge in [0.1, 0.15) is 5.75 Å². The second-order valence-corrected chi connectivity index (χ2v) is 7.28. The van der Waals surface area contributed by atoms with Crippen LogP contribution in [0.15, 0.2) is 41.2 Å². The first-order valence-electron chi connectivity index (χ1n) is 9.69. The Morgan fingerprint density at radius 1 is 1.00 bits per heavy atom. The molecule has 0 aliphatic carbocycles. The SMILES string of the molecule is COc1ccc2[nH]c(=O)c(C3c4cc(OC)c(OC)cc4CCN3C(C)=O)cc2c1. The number of amides is 1. The number of nitrogens with zero attached hydrogens (tertiary/aromatic N) is 1. The molecule has 1 amide bonds. The van der Waals surface area contributed by atoms with Gasteiger partial charge in [0, 0.05) is 29.9 Å². The van der Waals surface area contributed by atoms with Gasteiger partial charge in [-0.25, -0.2) is 0 Å². The normalized spacial score (nSPS) is 15.6. The van der Waals surface area contributed by atoms with Gasteiger partial charge in [-0.1, -0.05) is 0 Å². The Balaban J connectivity index is 1.96. The highest BCUT2D eigenvalue weighted by atomic mass is 16.5. The molecule has 3 aromatic rings. The van der Waals surface area contributed by atoms with Gasteiger partial charge in [-0.3, -0.25) is 9.59 Å². The van der Waals surface area contributed by atoms with E-state index < -0.39 is 6.04 Å². The number of benzene rings is 2. The first-order valence-corrected chi connectivity index (χ1v) is 9.69. The largest absolute Gasteiger partial charge is 0.497 e. The molecule has 0 spiro atoms. The van der Waals surface area contributed by atoms with Crippen LogP contribution in [-0.4, -0.2) is 43.7 Å². The van der Waals surface area contributed by atoms with Crippen molar-refractivity contribution in [2.75, 3.05) is 27.9 Å². The first kappa shape index (κ1) is 19.8. The van der Waals surface area contributed by atoms with E-state index in [1.807, 2.05) is 30.3 Å². The van der Waals surface area contributed by atoms with E-state index in [0.717, 1.165) is 16.5 Å². The molecule has 0 saturated heterocycles. The Hall–Kier alpha value is -3.48. The summed E-state index contributed by atoms with van der Waals surface area (Å²) in [5.74, 6) is 1.79. The molecule has 1 aliphatic rings. The highest BCUT2D eigenvalue weighted by molar-refractivity contribution is 5.81. The number of nitrogens with one attached hydrogen (secondary N) is 1. The molecule has 2 heterocycles. The van der Waals surface area contributed by atoms with E-state index in [1.54, 1.807) is 32.3 Å². The van der Waals surface area contributed by atoms with Gasteiger partial charge in [0.2, 0.25) is 5.91 Å². The van der Waals surface area contributed by atoms with Crippen molar-refractivity contribution >= 4 is 16.8 Å². The van der Waals surface area contributed by atoms with Crippen LogP contribution in [0.5, 0.6) is 17.2 Å². The van der Waals surface area contributed by atoms with Crippen LogP contribution >= 0.6 is 0 Å². The first-order chi connectivity index (χ1) is 14.5. The van der Waals surface area contributed by atoms with Crippen molar-refractivity contribution < 1.29 is 19.0 Å². The zero-order chi connectivity index (χ0) is 21.4. The minimum Gasteiger partial charge on any atom is -0.497 e. The second kappa shape index (κ2) is 7.74. The molecule has 0 bridgehead atoms. The molecule has 0 saturated carbocycles. The van der Waals surface area contributed by atoms with Crippen molar-refractivity contribution in [1.82, 2.24) is 9.88 Å². The third-order valence-electron chi connectivity index (χ3n) is 5.65. The minimum atomic E-state index is -0.523. The topological polar surface area (TPSA) is 80.9 Å². The molecule has 7 nitrogen and oxygen atoms in total. The van der Waals surface area contributed by atoms with Gasteiger partial charge in [-0.05, 0) is 53.9 Å². The van der Waals surface area contributed by atoms with Crippen molar-refractivity contribution in [3.63, 3.8) is 0 Å². The summed E-state index contributed by atoms with van der Waals surface area (Å²) in [6.07, 6.45) is 0.672. The fourth-order valence-electron chi connectivity index (χ4n) is 4.15. The molecule has 1 aliphatic heterocycles. The molecule has 1 atom stereocenters. The average Bonchev–Trinajstić information content (AvgIpc) is 2.76. The lowest BCUT2D eigenvalue weighted by Crippen LogP contribution is -2.41. The minimum absolute atomic E-state index is 0.0921. The molecule has 0 radical (unpaired) electrons. The maximum absolute atomic E-state index is 13.1. The quantitative estimate of drug-likeness (QED) is 0.718. The summed E-state index contributed by atoms with van der Waals surface area (Å²) in [6, 6.07) is 10.6. The molecule has 1 aromatic heterocycles. The van der Waals surface area contributed by atoms with E-state index in [-0.39, 0.29) is 11.5 Å². The Labute approximate surface area is 174 Å². The number of H-pyrrole nitrogens is 1. The average molecular weight is 408 g/mol. The molecule has 156 valence electrons. The molecule has 1 N–H and O–H groups in total. The van der Waals surface area contributed by atoms with Gasteiger partial charge in [-0.2, -0.15) is 0 Å². The number of methoxy groups -OCH3 is 3. The van der Waals surface area contributed by atoms with E-state index in [9.17, 15) is 9.59 Å². The standard InChI is InChI=1S/C23H24N2O5/c1-13(26)25-8-7-14-11-20(29-3)21(30-4)12-17(14)22(25)18-10-15-9-16(28-2)5-6-19(15)24-23(18)27/h5-6,9-12,22H,7-8H2,1-4H3,(H,24,27). The summed E-state index contributed by atoms with van der Waals surface area (Å²) in [7, 11) is 4.76.